The lowest BCUT2D eigenvalue weighted by Gasteiger charge is -2.26. The first kappa shape index (κ1) is 18.9. The van der Waals surface area contributed by atoms with Crippen molar-refractivity contribution in [3.8, 4) is 5.75 Å². The van der Waals surface area contributed by atoms with E-state index in [1.165, 1.54) is 0 Å². The fourth-order valence-corrected chi connectivity index (χ4v) is 4.30. The third-order valence-corrected chi connectivity index (χ3v) is 5.67. The largest absolute Gasteiger partial charge is 0.497 e. The van der Waals surface area contributed by atoms with Crippen LogP contribution in [0.1, 0.15) is 31.9 Å². The molecule has 126 valence electrons. The second-order valence-corrected chi connectivity index (χ2v) is 7.22. The Hall–Kier alpha value is -1.11. The zero-order valence-corrected chi connectivity index (χ0v) is 15.3. The van der Waals surface area contributed by atoms with Gasteiger partial charge in [-0.15, -0.1) is 0 Å². The molecule has 0 aliphatic rings. The molecular formula is C16H28N2O3S. The zero-order chi connectivity index (χ0) is 16.9. The van der Waals surface area contributed by atoms with Crippen LogP contribution in [0.5, 0.6) is 5.75 Å². The highest BCUT2D eigenvalue weighted by Gasteiger charge is 2.22. The quantitative estimate of drug-likeness (QED) is 0.796. The van der Waals surface area contributed by atoms with Gasteiger partial charge in [0.1, 0.15) is 5.75 Å². The van der Waals surface area contributed by atoms with Gasteiger partial charge in [0.05, 0.1) is 12.0 Å². The van der Waals surface area contributed by atoms with Gasteiger partial charge in [0, 0.05) is 12.6 Å². The molecule has 0 spiro atoms. The number of likely N-dealkylation sites (N-methyl/N-ethyl adjacent to an activating group) is 1. The standard InChI is InChI=1S/C16H28N2O3S/c1-7-18(8-2)14(5)11-17-22(19,20)16-12(3)9-15(21-6)10-13(16)4/h9-10,14,17H,7-8,11H2,1-6H3. The molecule has 22 heavy (non-hydrogen) atoms. The third-order valence-electron chi connectivity index (χ3n) is 3.94. The average Bonchev–Trinajstić information content (AvgIpc) is 2.45. The van der Waals surface area contributed by atoms with E-state index in [0.717, 1.165) is 13.1 Å². The summed E-state index contributed by atoms with van der Waals surface area (Å²) in [5, 5.41) is 0. The van der Waals surface area contributed by atoms with Gasteiger partial charge in [0.25, 0.3) is 0 Å². The lowest BCUT2D eigenvalue weighted by atomic mass is 10.1. The second kappa shape index (κ2) is 7.94. The van der Waals surface area contributed by atoms with Crippen LogP contribution >= 0.6 is 0 Å². The zero-order valence-electron chi connectivity index (χ0n) is 14.4. The van der Waals surface area contributed by atoms with Crippen LogP contribution in [0.4, 0.5) is 0 Å². The Kier molecular flexibility index (Phi) is 6.84. The van der Waals surface area contributed by atoms with Crippen molar-refractivity contribution < 1.29 is 13.2 Å². The van der Waals surface area contributed by atoms with Crippen molar-refractivity contribution in [1.82, 2.24) is 9.62 Å². The molecule has 0 heterocycles. The molecule has 0 amide bonds. The molecule has 0 aliphatic heterocycles. The molecule has 0 radical (unpaired) electrons. The van der Waals surface area contributed by atoms with E-state index >= 15 is 0 Å². The maximum Gasteiger partial charge on any atom is 0.241 e. The molecule has 0 aromatic heterocycles. The first-order chi connectivity index (χ1) is 10.3. The molecule has 1 N–H and O–H groups in total. The minimum absolute atomic E-state index is 0.156. The Bertz CT molecular complexity index is 572. The molecule has 0 saturated carbocycles. The highest BCUT2D eigenvalue weighted by atomic mass is 32.2. The minimum Gasteiger partial charge on any atom is -0.497 e. The SMILES string of the molecule is CCN(CC)C(C)CNS(=O)(=O)c1c(C)cc(OC)cc1C. The van der Waals surface area contributed by atoms with Crippen LogP contribution in [0, 0.1) is 13.8 Å². The van der Waals surface area contributed by atoms with E-state index in [1.807, 2.05) is 6.92 Å². The molecule has 0 bridgehead atoms. The molecule has 1 unspecified atom stereocenters. The van der Waals surface area contributed by atoms with Crippen LogP contribution in [0.2, 0.25) is 0 Å². The van der Waals surface area contributed by atoms with Crippen molar-refractivity contribution in [2.45, 2.75) is 45.6 Å². The normalized spacial score (nSPS) is 13.4. The predicted octanol–water partition coefficient (Wildman–Crippen LogP) is 2.32. The Morgan fingerprint density at radius 3 is 2.09 bits per heavy atom. The summed E-state index contributed by atoms with van der Waals surface area (Å²) in [7, 11) is -1.95. The van der Waals surface area contributed by atoms with Gasteiger partial charge in [-0.05, 0) is 57.1 Å². The van der Waals surface area contributed by atoms with Crippen LogP contribution in [-0.2, 0) is 10.0 Å². The van der Waals surface area contributed by atoms with Gasteiger partial charge in [-0.3, -0.25) is 4.90 Å². The van der Waals surface area contributed by atoms with E-state index in [9.17, 15) is 8.42 Å². The fourth-order valence-electron chi connectivity index (χ4n) is 2.73. The van der Waals surface area contributed by atoms with Gasteiger partial charge in [-0.1, -0.05) is 13.8 Å². The number of hydrogen-bond donors (Lipinski definition) is 1. The Morgan fingerprint density at radius 2 is 1.68 bits per heavy atom. The first-order valence-electron chi connectivity index (χ1n) is 7.65. The number of aryl methyl sites for hydroxylation is 2. The Balaban J connectivity index is 2.96. The lowest BCUT2D eigenvalue weighted by molar-refractivity contribution is 0.232. The highest BCUT2D eigenvalue weighted by Crippen LogP contribution is 2.25. The summed E-state index contributed by atoms with van der Waals surface area (Å²) in [6.45, 7) is 12.0. The fraction of sp³-hybridized carbons (Fsp3) is 0.625. The number of methoxy groups -OCH3 is 1. The van der Waals surface area contributed by atoms with Crippen LogP contribution in [0.15, 0.2) is 17.0 Å². The maximum atomic E-state index is 12.6. The van der Waals surface area contributed by atoms with E-state index in [1.54, 1.807) is 33.1 Å². The topological polar surface area (TPSA) is 58.6 Å². The van der Waals surface area contributed by atoms with Crippen LogP contribution < -0.4 is 9.46 Å². The van der Waals surface area contributed by atoms with Crippen molar-refractivity contribution in [3.63, 3.8) is 0 Å². The number of nitrogens with zero attached hydrogens (tertiary/aromatic N) is 1. The second-order valence-electron chi connectivity index (χ2n) is 5.51. The number of ether oxygens (including phenoxy) is 1. The molecule has 1 aromatic carbocycles. The van der Waals surface area contributed by atoms with Gasteiger partial charge in [0.2, 0.25) is 10.0 Å². The molecular weight excluding hydrogens is 300 g/mol. The van der Waals surface area contributed by atoms with Gasteiger partial charge in [0.15, 0.2) is 0 Å². The maximum absolute atomic E-state index is 12.6. The summed E-state index contributed by atoms with van der Waals surface area (Å²) in [5.74, 6) is 0.672. The van der Waals surface area contributed by atoms with E-state index in [2.05, 4.69) is 23.5 Å². The smallest absolute Gasteiger partial charge is 0.241 e. The molecule has 1 rings (SSSR count). The molecule has 0 saturated heterocycles. The Labute approximate surface area is 134 Å². The lowest BCUT2D eigenvalue weighted by Crippen LogP contribution is -2.42. The number of benzene rings is 1. The summed E-state index contributed by atoms with van der Waals surface area (Å²) in [6.07, 6.45) is 0. The van der Waals surface area contributed by atoms with Crippen molar-refractivity contribution in [2.75, 3.05) is 26.7 Å². The van der Waals surface area contributed by atoms with E-state index in [4.69, 9.17) is 4.74 Å². The summed E-state index contributed by atoms with van der Waals surface area (Å²) in [4.78, 5) is 2.57. The molecule has 6 heteroatoms. The molecule has 0 fully saturated rings. The highest BCUT2D eigenvalue weighted by molar-refractivity contribution is 7.89. The summed E-state index contributed by atoms with van der Waals surface area (Å²) in [5.41, 5.74) is 1.39. The summed E-state index contributed by atoms with van der Waals surface area (Å²) < 4.78 is 33.1. The van der Waals surface area contributed by atoms with Crippen molar-refractivity contribution in [1.29, 1.82) is 0 Å². The number of sulfonamides is 1. The van der Waals surface area contributed by atoms with Gasteiger partial charge in [-0.2, -0.15) is 0 Å². The summed E-state index contributed by atoms with van der Waals surface area (Å²) in [6, 6.07) is 3.65. The predicted molar refractivity (Wildman–Crippen MR) is 90.0 cm³/mol. The summed E-state index contributed by atoms with van der Waals surface area (Å²) >= 11 is 0. The van der Waals surface area contributed by atoms with E-state index in [-0.39, 0.29) is 6.04 Å². The molecule has 0 aliphatic carbocycles. The number of hydrogen-bond acceptors (Lipinski definition) is 4. The molecule has 5 nitrogen and oxygen atoms in total. The third kappa shape index (κ3) is 4.44. The number of nitrogens with one attached hydrogen (secondary N) is 1. The van der Waals surface area contributed by atoms with Gasteiger partial charge >= 0.3 is 0 Å². The molecule has 1 aromatic rings. The van der Waals surface area contributed by atoms with E-state index in [0.29, 0.717) is 28.3 Å². The monoisotopic (exact) mass is 328 g/mol. The van der Waals surface area contributed by atoms with Gasteiger partial charge < -0.3 is 4.74 Å². The van der Waals surface area contributed by atoms with Gasteiger partial charge in [-0.25, -0.2) is 13.1 Å². The average molecular weight is 328 g/mol. The van der Waals surface area contributed by atoms with Crippen molar-refractivity contribution in [3.05, 3.63) is 23.3 Å². The molecule has 1 atom stereocenters. The van der Waals surface area contributed by atoms with Crippen LogP contribution in [0.3, 0.4) is 0 Å². The Morgan fingerprint density at radius 1 is 1.18 bits per heavy atom. The number of rotatable bonds is 8. The van der Waals surface area contributed by atoms with E-state index < -0.39 is 10.0 Å². The van der Waals surface area contributed by atoms with Crippen LogP contribution in [0.25, 0.3) is 0 Å². The minimum atomic E-state index is -3.52. The van der Waals surface area contributed by atoms with Crippen LogP contribution in [-0.4, -0.2) is 46.1 Å². The van der Waals surface area contributed by atoms with Crippen molar-refractivity contribution >= 4 is 10.0 Å². The van der Waals surface area contributed by atoms with Crippen molar-refractivity contribution in [2.24, 2.45) is 0 Å². The first-order valence-corrected chi connectivity index (χ1v) is 9.14.